The number of rotatable bonds is 4. The molecule has 0 N–H and O–H groups in total. The van der Waals surface area contributed by atoms with Gasteiger partial charge in [0.25, 0.3) is 0 Å². The fraction of sp³-hybridized carbons (Fsp3) is 0.188. The summed E-state index contributed by atoms with van der Waals surface area (Å²) in [7, 11) is 1.59. The summed E-state index contributed by atoms with van der Waals surface area (Å²) in [6.45, 7) is 1.74. The van der Waals surface area contributed by atoms with Crippen LogP contribution in [0.5, 0.6) is 5.75 Å². The van der Waals surface area contributed by atoms with E-state index in [1.165, 1.54) is 18.2 Å². The van der Waals surface area contributed by atoms with Crippen molar-refractivity contribution in [3.8, 4) is 5.75 Å². The zero-order valence-corrected chi connectivity index (χ0v) is 12.8. The van der Waals surface area contributed by atoms with Gasteiger partial charge >= 0.3 is 0 Å². The van der Waals surface area contributed by atoms with Crippen LogP contribution in [0.15, 0.2) is 40.9 Å². The van der Waals surface area contributed by atoms with Crippen LogP contribution in [0, 0.1) is 12.7 Å². The summed E-state index contributed by atoms with van der Waals surface area (Å²) in [5.41, 5.74) is 2.09. The summed E-state index contributed by atoms with van der Waals surface area (Å²) in [6.07, 6.45) is 0.273. The smallest absolute Gasteiger partial charge is 0.167 e. The van der Waals surface area contributed by atoms with Gasteiger partial charge in [-0.05, 0) is 64.3 Å². The second-order valence-corrected chi connectivity index (χ2v) is 5.38. The second kappa shape index (κ2) is 6.18. The zero-order chi connectivity index (χ0) is 14.7. The fourth-order valence-electron chi connectivity index (χ4n) is 2.04. The van der Waals surface area contributed by atoms with Gasteiger partial charge in [-0.15, -0.1) is 0 Å². The summed E-state index contributed by atoms with van der Waals surface area (Å²) in [4.78, 5) is 12.2. The van der Waals surface area contributed by atoms with Crippen molar-refractivity contribution < 1.29 is 13.9 Å². The van der Waals surface area contributed by atoms with E-state index in [0.717, 1.165) is 15.8 Å². The lowest BCUT2D eigenvalue weighted by molar-refractivity contribution is 0.0992. The third-order valence-electron chi connectivity index (χ3n) is 3.07. The monoisotopic (exact) mass is 336 g/mol. The van der Waals surface area contributed by atoms with Gasteiger partial charge in [0, 0.05) is 12.0 Å². The Hall–Kier alpha value is -1.68. The van der Waals surface area contributed by atoms with Gasteiger partial charge in [0.05, 0.1) is 11.6 Å². The third kappa shape index (κ3) is 3.25. The van der Waals surface area contributed by atoms with E-state index in [-0.39, 0.29) is 18.0 Å². The number of methoxy groups -OCH3 is 1. The lowest BCUT2D eigenvalue weighted by Crippen LogP contribution is -2.06. The van der Waals surface area contributed by atoms with E-state index in [9.17, 15) is 9.18 Å². The first-order valence-corrected chi connectivity index (χ1v) is 6.92. The number of halogens is 2. The van der Waals surface area contributed by atoms with Crippen molar-refractivity contribution in [3.63, 3.8) is 0 Å². The maximum absolute atomic E-state index is 13.0. The Bertz CT molecular complexity index is 653. The van der Waals surface area contributed by atoms with E-state index in [2.05, 4.69) is 15.9 Å². The number of carbonyl (C=O) groups is 1. The van der Waals surface area contributed by atoms with Crippen LogP contribution in [0.1, 0.15) is 21.5 Å². The minimum atomic E-state index is -0.328. The van der Waals surface area contributed by atoms with Crippen LogP contribution in [-0.2, 0) is 6.42 Å². The highest BCUT2D eigenvalue weighted by Gasteiger charge is 2.11. The van der Waals surface area contributed by atoms with E-state index in [4.69, 9.17) is 4.74 Å². The molecule has 0 heterocycles. The second-order valence-electron chi connectivity index (χ2n) is 4.53. The molecule has 0 atom stereocenters. The molecule has 0 spiro atoms. The van der Waals surface area contributed by atoms with Crippen LogP contribution in [0.4, 0.5) is 4.39 Å². The lowest BCUT2D eigenvalue weighted by Gasteiger charge is -2.08. The van der Waals surface area contributed by atoms with Crippen LogP contribution in [0.3, 0.4) is 0 Å². The van der Waals surface area contributed by atoms with E-state index in [1.54, 1.807) is 14.0 Å². The topological polar surface area (TPSA) is 26.3 Å². The predicted octanol–water partition coefficient (Wildman–Crippen LogP) is 4.33. The maximum atomic E-state index is 13.0. The molecule has 0 aliphatic heterocycles. The molecule has 2 nitrogen and oxygen atoms in total. The van der Waals surface area contributed by atoms with Gasteiger partial charge in [0.15, 0.2) is 5.78 Å². The first-order chi connectivity index (χ1) is 9.51. The van der Waals surface area contributed by atoms with Gasteiger partial charge < -0.3 is 4.74 Å². The average molecular weight is 337 g/mol. The Morgan fingerprint density at radius 3 is 2.60 bits per heavy atom. The Labute approximate surface area is 125 Å². The summed E-state index contributed by atoms with van der Waals surface area (Å²) in [5, 5.41) is 0. The number of aryl methyl sites for hydroxylation is 1. The molecular formula is C16H14BrFO2. The zero-order valence-electron chi connectivity index (χ0n) is 11.2. The average Bonchev–Trinajstić information content (AvgIpc) is 2.38. The minimum Gasteiger partial charge on any atom is -0.496 e. The molecule has 0 saturated carbocycles. The van der Waals surface area contributed by atoms with Crippen molar-refractivity contribution in [1.29, 1.82) is 0 Å². The van der Waals surface area contributed by atoms with Crippen molar-refractivity contribution in [1.82, 2.24) is 0 Å². The van der Waals surface area contributed by atoms with Crippen LogP contribution < -0.4 is 4.74 Å². The first-order valence-electron chi connectivity index (χ1n) is 6.13. The molecule has 0 fully saturated rings. The van der Waals surface area contributed by atoms with Gasteiger partial charge in [-0.1, -0.05) is 6.07 Å². The van der Waals surface area contributed by atoms with Crippen molar-refractivity contribution in [2.45, 2.75) is 13.3 Å². The molecule has 0 bridgehead atoms. The van der Waals surface area contributed by atoms with Crippen LogP contribution in [-0.4, -0.2) is 12.9 Å². The van der Waals surface area contributed by atoms with Crippen molar-refractivity contribution in [2.75, 3.05) is 7.11 Å². The Kier molecular flexibility index (Phi) is 4.55. The quantitative estimate of drug-likeness (QED) is 0.776. The number of hydrogen-bond donors (Lipinski definition) is 0. The molecule has 0 unspecified atom stereocenters. The number of hydrogen-bond acceptors (Lipinski definition) is 2. The molecule has 2 rings (SSSR count). The van der Waals surface area contributed by atoms with Crippen LogP contribution >= 0.6 is 15.9 Å². The number of ether oxygens (including phenoxy) is 1. The predicted molar refractivity (Wildman–Crippen MR) is 79.9 cm³/mol. The highest BCUT2D eigenvalue weighted by atomic mass is 79.9. The molecule has 0 saturated heterocycles. The van der Waals surface area contributed by atoms with Crippen molar-refractivity contribution in [3.05, 3.63) is 63.4 Å². The van der Waals surface area contributed by atoms with Gasteiger partial charge in [-0.3, -0.25) is 4.79 Å². The van der Waals surface area contributed by atoms with Crippen LogP contribution in [0.2, 0.25) is 0 Å². The summed E-state index contributed by atoms with van der Waals surface area (Å²) in [5.74, 6) is 0.366. The third-order valence-corrected chi connectivity index (χ3v) is 3.69. The molecule has 0 aliphatic carbocycles. The minimum absolute atomic E-state index is 0.0282. The van der Waals surface area contributed by atoms with Gasteiger partial charge in [-0.25, -0.2) is 4.39 Å². The van der Waals surface area contributed by atoms with Crippen molar-refractivity contribution >= 4 is 21.7 Å². The molecule has 4 heteroatoms. The van der Waals surface area contributed by atoms with Crippen molar-refractivity contribution in [2.24, 2.45) is 0 Å². The van der Waals surface area contributed by atoms with Gasteiger partial charge in [0.1, 0.15) is 11.6 Å². The summed E-state index contributed by atoms with van der Waals surface area (Å²) >= 11 is 3.39. The molecule has 104 valence electrons. The van der Waals surface area contributed by atoms with Crippen LogP contribution in [0.25, 0.3) is 0 Å². The van der Waals surface area contributed by atoms with E-state index in [1.807, 2.05) is 18.2 Å². The van der Waals surface area contributed by atoms with Gasteiger partial charge in [0.2, 0.25) is 0 Å². The fourth-order valence-corrected chi connectivity index (χ4v) is 2.63. The molecule has 0 aliphatic rings. The molecule has 2 aromatic carbocycles. The first kappa shape index (κ1) is 14.7. The Morgan fingerprint density at radius 1 is 1.25 bits per heavy atom. The molecule has 2 aromatic rings. The Morgan fingerprint density at radius 2 is 2.00 bits per heavy atom. The molecular weight excluding hydrogens is 323 g/mol. The van der Waals surface area contributed by atoms with Gasteiger partial charge in [-0.2, -0.15) is 0 Å². The molecule has 0 amide bonds. The Balaban J connectivity index is 2.21. The standard InChI is InChI=1S/C16H14BrFO2/c1-10-7-12(18)4-5-13(10)15(19)9-11-3-6-16(20-2)14(17)8-11/h3-8H,9H2,1-2H3. The largest absolute Gasteiger partial charge is 0.496 e. The number of carbonyl (C=O) groups excluding carboxylic acids is 1. The number of benzene rings is 2. The molecule has 0 aromatic heterocycles. The normalized spacial score (nSPS) is 10.4. The molecule has 0 radical (unpaired) electrons. The SMILES string of the molecule is COc1ccc(CC(=O)c2ccc(F)cc2C)cc1Br. The maximum Gasteiger partial charge on any atom is 0.167 e. The number of ketones is 1. The highest BCUT2D eigenvalue weighted by Crippen LogP contribution is 2.26. The van der Waals surface area contributed by atoms with E-state index < -0.39 is 0 Å². The highest BCUT2D eigenvalue weighted by molar-refractivity contribution is 9.10. The number of Topliss-reactive ketones (excluding diaryl/α,β-unsaturated/α-hetero) is 1. The lowest BCUT2D eigenvalue weighted by atomic mass is 9.99. The van der Waals surface area contributed by atoms with E-state index >= 15 is 0 Å². The summed E-state index contributed by atoms with van der Waals surface area (Å²) in [6, 6.07) is 9.73. The summed E-state index contributed by atoms with van der Waals surface area (Å²) < 4.78 is 19.0. The van der Waals surface area contributed by atoms with E-state index in [0.29, 0.717) is 11.1 Å². The molecule has 20 heavy (non-hydrogen) atoms.